The minimum Gasteiger partial charge on any atom is -0.497 e. The lowest BCUT2D eigenvalue weighted by molar-refractivity contribution is 0.0532. The summed E-state index contributed by atoms with van der Waals surface area (Å²) < 4.78 is 11.1. The van der Waals surface area contributed by atoms with E-state index < -0.39 is 0 Å². The number of amides is 2. The van der Waals surface area contributed by atoms with Gasteiger partial charge in [-0.05, 0) is 54.3 Å². The average molecular weight is 384 g/mol. The predicted octanol–water partition coefficient (Wildman–Crippen LogP) is 4.41. The molecule has 0 saturated carbocycles. The molecule has 0 bridgehead atoms. The molecule has 0 saturated heterocycles. The highest BCUT2D eigenvalue weighted by Gasteiger charge is 2.12. The minimum absolute atomic E-state index is 0.300. The predicted molar refractivity (Wildman–Crippen MR) is 107 cm³/mol. The zero-order valence-corrected chi connectivity index (χ0v) is 15.9. The molecule has 0 unspecified atom stereocenters. The van der Waals surface area contributed by atoms with Gasteiger partial charge in [0.2, 0.25) is 0 Å². The van der Waals surface area contributed by atoms with E-state index >= 15 is 0 Å². The van der Waals surface area contributed by atoms with Crippen LogP contribution in [0, 0.1) is 0 Å². The van der Waals surface area contributed by atoms with Crippen molar-refractivity contribution in [2.45, 2.75) is 13.5 Å². The van der Waals surface area contributed by atoms with Gasteiger partial charge in [0.05, 0.1) is 13.7 Å². The van der Waals surface area contributed by atoms with Crippen LogP contribution in [0.1, 0.15) is 22.2 Å². The van der Waals surface area contributed by atoms with Gasteiger partial charge in [-0.15, -0.1) is 11.3 Å². The van der Waals surface area contributed by atoms with Crippen molar-refractivity contribution < 1.29 is 19.1 Å². The zero-order valence-electron chi connectivity index (χ0n) is 15.1. The SMILES string of the molecule is CCOC(=O)c1cc2cc(NC(=O)NCc3ccc(OC)cc3)ccc2s1. The summed E-state index contributed by atoms with van der Waals surface area (Å²) in [6, 6.07) is 14.5. The van der Waals surface area contributed by atoms with Crippen molar-refractivity contribution in [2.24, 2.45) is 0 Å². The molecule has 6 nitrogen and oxygen atoms in total. The number of urea groups is 1. The molecule has 0 spiro atoms. The number of nitrogens with one attached hydrogen (secondary N) is 2. The Bertz CT molecular complexity index is 950. The van der Waals surface area contributed by atoms with E-state index in [9.17, 15) is 9.59 Å². The fraction of sp³-hybridized carbons (Fsp3) is 0.200. The number of thiophene rings is 1. The second-order valence-electron chi connectivity index (χ2n) is 5.74. The van der Waals surface area contributed by atoms with Crippen molar-refractivity contribution in [3.8, 4) is 5.75 Å². The molecule has 3 rings (SSSR count). The highest BCUT2D eigenvalue weighted by molar-refractivity contribution is 7.20. The number of anilines is 1. The largest absolute Gasteiger partial charge is 0.497 e. The van der Waals surface area contributed by atoms with Crippen LogP contribution in [-0.2, 0) is 11.3 Å². The highest BCUT2D eigenvalue weighted by atomic mass is 32.1. The number of benzene rings is 2. The van der Waals surface area contributed by atoms with Gasteiger partial charge in [0.25, 0.3) is 0 Å². The molecule has 0 radical (unpaired) electrons. The molecule has 0 aliphatic rings. The van der Waals surface area contributed by atoms with Gasteiger partial charge in [-0.25, -0.2) is 9.59 Å². The van der Waals surface area contributed by atoms with Crippen LogP contribution in [0.15, 0.2) is 48.5 Å². The van der Waals surface area contributed by atoms with E-state index in [1.165, 1.54) is 11.3 Å². The third-order valence-corrected chi connectivity index (χ3v) is 4.96. The van der Waals surface area contributed by atoms with E-state index in [2.05, 4.69) is 10.6 Å². The maximum atomic E-state index is 12.1. The lowest BCUT2D eigenvalue weighted by Crippen LogP contribution is -2.28. The van der Waals surface area contributed by atoms with Gasteiger partial charge < -0.3 is 20.1 Å². The van der Waals surface area contributed by atoms with Crippen LogP contribution < -0.4 is 15.4 Å². The first-order chi connectivity index (χ1) is 13.1. The molecule has 7 heteroatoms. The minimum atomic E-state index is -0.328. The van der Waals surface area contributed by atoms with Gasteiger partial charge in [0.15, 0.2) is 0 Å². The lowest BCUT2D eigenvalue weighted by atomic mass is 10.2. The second-order valence-corrected chi connectivity index (χ2v) is 6.82. The molecular formula is C20H20N2O4S. The van der Waals surface area contributed by atoms with E-state index in [0.717, 1.165) is 21.4 Å². The van der Waals surface area contributed by atoms with Crippen LogP contribution in [0.5, 0.6) is 5.75 Å². The molecule has 2 amide bonds. The van der Waals surface area contributed by atoms with Gasteiger partial charge >= 0.3 is 12.0 Å². The molecule has 27 heavy (non-hydrogen) atoms. The quantitative estimate of drug-likeness (QED) is 0.617. The average Bonchev–Trinajstić information content (AvgIpc) is 3.10. The Morgan fingerprint density at radius 1 is 1.07 bits per heavy atom. The lowest BCUT2D eigenvalue weighted by Gasteiger charge is -2.08. The van der Waals surface area contributed by atoms with Crippen LogP contribution in [0.4, 0.5) is 10.5 Å². The summed E-state index contributed by atoms with van der Waals surface area (Å²) in [5, 5.41) is 6.50. The fourth-order valence-corrected chi connectivity index (χ4v) is 3.46. The van der Waals surface area contributed by atoms with Crippen molar-refractivity contribution in [1.82, 2.24) is 5.32 Å². The molecule has 140 valence electrons. The van der Waals surface area contributed by atoms with Crippen LogP contribution >= 0.6 is 11.3 Å². The number of esters is 1. The van der Waals surface area contributed by atoms with E-state index in [0.29, 0.717) is 23.7 Å². The van der Waals surface area contributed by atoms with Gasteiger partial charge in [-0.2, -0.15) is 0 Å². The molecule has 0 aliphatic heterocycles. The normalized spacial score (nSPS) is 10.4. The number of ether oxygens (including phenoxy) is 2. The Kier molecular flexibility index (Phi) is 5.93. The third-order valence-electron chi connectivity index (χ3n) is 3.86. The molecule has 0 aliphatic carbocycles. The zero-order chi connectivity index (χ0) is 19.2. The second kappa shape index (κ2) is 8.55. The van der Waals surface area contributed by atoms with Gasteiger partial charge in [-0.3, -0.25) is 0 Å². The molecule has 2 N–H and O–H groups in total. The molecule has 1 heterocycles. The summed E-state index contributed by atoms with van der Waals surface area (Å²) in [5.41, 5.74) is 1.63. The maximum absolute atomic E-state index is 12.1. The molecule has 2 aromatic carbocycles. The van der Waals surface area contributed by atoms with E-state index in [1.807, 2.05) is 36.4 Å². The molecular weight excluding hydrogens is 364 g/mol. The van der Waals surface area contributed by atoms with Gasteiger partial charge in [0, 0.05) is 16.9 Å². The summed E-state index contributed by atoms with van der Waals surface area (Å²) in [4.78, 5) is 24.5. The number of hydrogen-bond acceptors (Lipinski definition) is 5. The van der Waals surface area contributed by atoms with E-state index in [1.54, 1.807) is 26.2 Å². The number of carbonyl (C=O) groups excluding carboxylic acids is 2. The first-order valence-electron chi connectivity index (χ1n) is 8.47. The van der Waals surface area contributed by atoms with Gasteiger partial charge in [0.1, 0.15) is 10.6 Å². The smallest absolute Gasteiger partial charge is 0.348 e. The Morgan fingerprint density at radius 2 is 1.85 bits per heavy atom. The summed E-state index contributed by atoms with van der Waals surface area (Å²) in [7, 11) is 1.61. The highest BCUT2D eigenvalue weighted by Crippen LogP contribution is 2.28. The Balaban J connectivity index is 1.61. The van der Waals surface area contributed by atoms with Gasteiger partial charge in [-0.1, -0.05) is 12.1 Å². The molecule has 0 fully saturated rings. The number of methoxy groups -OCH3 is 1. The van der Waals surface area contributed by atoms with Crippen LogP contribution in [0.25, 0.3) is 10.1 Å². The number of rotatable bonds is 6. The van der Waals surface area contributed by atoms with Crippen molar-refractivity contribution in [3.05, 3.63) is 59.0 Å². The van der Waals surface area contributed by atoms with Crippen LogP contribution in [0.2, 0.25) is 0 Å². The standard InChI is InChI=1S/C20H20N2O4S/c1-3-26-19(23)18-11-14-10-15(6-9-17(14)27-18)22-20(24)21-12-13-4-7-16(25-2)8-5-13/h4-11H,3,12H2,1-2H3,(H2,21,22,24). The van der Waals surface area contributed by atoms with E-state index in [-0.39, 0.29) is 12.0 Å². The topological polar surface area (TPSA) is 76.7 Å². The third kappa shape index (κ3) is 4.77. The summed E-state index contributed by atoms with van der Waals surface area (Å²) in [6.45, 7) is 2.52. The van der Waals surface area contributed by atoms with Crippen LogP contribution in [0.3, 0.4) is 0 Å². The fourth-order valence-electron chi connectivity index (χ4n) is 2.52. The summed E-state index contributed by atoms with van der Waals surface area (Å²) in [5.74, 6) is 0.444. The monoisotopic (exact) mass is 384 g/mol. The summed E-state index contributed by atoms with van der Waals surface area (Å²) in [6.07, 6.45) is 0. The Hall–Kier alpha value is -3.06. The van der Waals surface area contributed by atoms with Crippen molar-refractivity contribution in [3.63, 3.8) is 0 Å². The van der Waals surface area contributed by atoms with Crippen molar-refractivity contribution in [1.29, 1.82) is 0 Å². The van der Waals surface area contributed by atoms with E-state index in [4.69, 9.17) is 9.47 Å². The molecule has 3 aromatic rings. The Labute approximate surface area is 161 Å². The molecule has 1 aromatic heterocycles. The Morgan fingerprint density at radius 3 is 2.56 bits per heavy atom. The first kappa shape index (κ1) is 18.7. The number of hydrogen-bond donors (Lipinski definition) is 2. The summed E-state index contributed by atoms with van der Waals surface area (Å²) >= 11 is 1.37. The van der Waals surface area contributed by atoms with Crippen molar-refractivity contribution in [2.75, 3.05) is 19.0 Å². The maximum Gasteiger partial charge on any atom is 0.348 e. The van der Waals surface area contributed by atoms with Crippen molar-refractivity contribution >= 4 is 39.1 Å². The molecule has 0 atom stereocenters. The first-order valence-corrected chi connectivity index (χ1v) is 9.29. The van der Waals surface area contributed by atoms with Crippen LogP contribution in [-0.4, -0.2) is 25.7 Å². The number of fused-ring (bicyclic) bond motifs is 1. The number of carbonyl (C=O) groups is 2.